The Morgan fingerprint density at radius 2 is 2.22 bits per heavy atom. The molecule has 5 nitrogen and oxygen atoms in total. The van der Waals surface area contributed by atoms with Crippen LogP contribution in [-0.2, 0) is 10.0 Å². The number of rotatable bonds is 2. The molecule has 2 N–H and O–H groups in total. The second kappa shape index (κ2) is 4.65. The van der Waals surface area contributed by atoms with Gasteiger partial charge in [0, 0.05) is 19.1 Å². The van der Waals surface area contributed by atoms with Crippen LogP contribution < -0.4 is 5.73 Å². The van der Waals surface area contributed by atoms with E-state index in [0.29, 0.717) is 13.0 Å². The molecular formula is C11H12FN3O2S. The second-order valence-electron chi connectivity index (χ2n) is 4.17. The summed E-state index contributed by atoms with van der Waals surface area (Å²) in [5.74, 6) is -0.727. The van der Waals surface area contributed by atoms with Crippen LogP contribution in [0.5, 0.6) is 0 Å². The zero-order chi connectivity index (χ0) is 13.3. The highest BCUT2D eigenvalue weighted by Crippen LogP contribution is 2.22. The lowest BCUT2D eigenvalue weighted by molar-refractivity contribution is 0.472. The van der Waals surface area contributed by atoms with E-state index in [0.717, 1.165) is 18.2 Å². The Bertz CT molecular complexity index is 609. The first kappa shape index (κ1) is 13.0. The van der Waals surface area contributed by atoms with Gasteiger partial charge in [0.1, 0.15) is 11.9 Å². The topological polar surface area (TPSA) is 87.2 Å². The summed E-state index contributed by atoms with van der Waals surface area (Å²) < 4.78 is 38.8. The van der Waals surface area contributed by atoms with Crippen molar-refractivity contribution < 1.29 is 12.8 Å². The zero-order valence-electron chi connectivity index (χ0n) is 9.51. The molecule has 1 aliphatic rings. The number of nitriles is 1. The Balaban J connectivity index is 2.39. The molecule has 1 atom stereocenters. The Morgan fingerprint density at radius 1 is 1.50 bits per heavy atom. The third kappa shape index (κ3) is 2.22. The van der Waals surface area contributed by atoms with Gasteiger partial charge in [0.15, 0.2) is 0 Å². The summed E-state index contributed by atoms with van der Waals surface area (Å²) in [7, 11) is -3.69. The summed E-state index contributed by atoms with van der Waals surface area (Å²) >= 11 is 0. The van der Waals surface area contributed by atoms with Crippen LogP contribution in [0.3, 0.4) is 0 Å². The van der Waals surface area contributed by atoms with E-state index < -0.39 is 15.8 Å². The van der Waals surface area contributed by atoms with Gasteiger partial charge in [0.05, 0.1) is 10.5 Å². The molecule has 0 aliphatic carbocycles. The minimum atomic E-state index is -3.69. The normalized spacial score (nSPS) is 20.8. The van der Waals surface area contributed by atoms with Crippen molar-refractivity contribution in [3.8, 4) is 6.07 Å². The first-order valence-corrected chi connectivity index (χ1v) is 6.84. The van der Waals surface area contributed by atoms with Gasteiger partial charge in [-0.15, -0.1) is 0 Å². The van der Waals surface area contributed by atoms with Crippen LogP contribution in [-0.4, -0.2) is 31.9 Å². The van der Waals surface area contributed by atoms with Crippen molar-refractivity contribution in [1.82, 2.24) is 4.31 Å². The molecule has 1 aliphatic heterocycles. The van der Waals surface area contributed by atoms with Gasteiger partial charge in [-0.1, -0.05) is 0 Å². The van der Waals surface area contributed by atoms with Crippen LogP contribution in [0.4, 0.5) is 4.39 Å². The highest BCUT2D eigenvalue weighted by molar-refractivity contribution is 7.89. The third-order valence-electron chi connectivity index (χ3n) is 2.88. The lowest BCUT2D eigenvalue weighted by Crippen LogP contribution is -2.32. The second-order valence-corrected chi connectivity index (χ2v) is 6.10. The first-order chi connectivity index (χ1) is 8.45. The molecule has 1 saturated heterocycles. The van der Waals surface area contributed by atoms with Crippen LogP contribution in [0.2, 0.25) is 0 Å². The van der Waals surface area contributed by atoms with Crippen molar-refractivity contribution in [1.29, 1.82) is 5.26 Å². The average Bonchev–Trinajstić information content (AvgIpc) is 2.77. The maximum absolute atomic E-state index is 13.1. The van der Waals surface area contributed by atoms with Crippen molar-refractivity contribution in [2.45, 2.75) is 17.4 Å². The molecule has 7 heteroatoms. The molecule has 0 radical (unpaired) electrons. The molecule has 0 bridgehead atoms. The van der Waals surface area contributed by atoms with E-state index in [1.165, 1.54) is 4.31 Å². The van der Waals surface area contributed by atoms with Gasteiger partial charge in [-0.05, 0) is 24.6 Å². The van der Waals surface area contributed by atoms with Gasteiger partial charge >= 0.3 is 0 Å². The van der Waals surface area contributed by atoms with Crippen LogP contribution in [0.15, 0.2) is 23.1 Å². The highest BCUT2D eigenvalue weighted by Gasteiger charge is 2.31. The SMILES string of the molecule is N#Cc1cc(S(=O)(=O)N2CCC(N)C2)ccc1F. The van der Waals surface area contributed by atoms with Gasteiger partial charge in [-0.3, -0.25) is 0 Å². The standard InChI is InChI=1S/C11H12FN3O2S/c12-11-2-1-10(5-8(11)6-13)18(16,17)15-4-3-9(14)7-15/h1-2,5,9H,3-4,7,14H2. The molecule has 1 unspecified atom stereocenters. The molecule has 0 saturated carbocycles. The summed E-state index contributed by atoms with van der Waals surface area (Å²) in [6.07, 6.45) is 0.603. The molecule has 0 aromatic heterocycles. The number of nitrogens with two attached hydrogens (primary N) is 1. The lowest BCUT2D eigenvalue weighted by atomic mass is 10.2. The van der Waals surface area contributed by atoms with E-state index in [1.54, 1.807) is 6.07 Å². The summed E-state index contributed by atoms with van der Waals surface area (Å²) in [6.45, 7) is 0.602. The van der Waals surface area contributed by atoms with Crippen LogP contribution in [0.25, 0.3) is 0 Å². The number of sulfonamides is 1. The number of nitrogens with zero attached hydrogens (tertiary/aromatic N) is 2. The molecule has 1 aromatic carbocycles. The molecule has 96 valence electrons. The monoisotopic (exact) mass is 269 g/mol. The van der Waals surface area contributed by atoms with Crippen molar-refractivity contribution in [3.63, 3.8) is 0 Å². The Hall–Kier alpha value is -1.49. The molecule has 2 rings (SSSR count). The Morgan fingerprint density at radius 3 is 2.78 bits per heavy atom. The van der Waals surface area contributed by atoms with Crippen molar-refractivity contribution in [3.05, 3.63) is 29.6 Å². The third-order valence-corrected chi connectivity index (χ3v) is 4.74. The molecular weight excluding hydrogens is 257 g/mol. The van der Waals surface area contributed by atoms with Crippen LogP contribution in [0, 0.1) is 17.1 Å². The fraction of sp³-hybridized carbons (Fsp3) is 0.364. The zero-order valence-corrected chi connectivity index (χ0v) is 10.3. The average molecular weight is 269 g/mol. The fourth-order valence-corrected chi connectivity index (χ4v) is 3.41. The summed E-state index contributed by atoms with van der Waals surface area (Å²) in [4.78, 5) is -0.0745. The molecule has 0 amide bonds. The van der Waals surface area contributed by atoms with Gasteiger partial charge in [-0.2, -0.15) is 9.57 Å². The Labute approximate surface area is 105 Å². The van der Waals surface area contributed by atoms with E-state index in [4.69, 9.17) is 11.0 Å². The van der Waals surface area contributed by atoms with Gasteiger partial charge in [0.2, 0.25) is 10.0 Å². The summed E-state index contributed by atoms with van der Waals surface area (Å²) in [5.41, 5.74) is 5.38. The lowest BCUT2D eigenvalue weighted by Gasteiger charge is -2.16. The predicted octanol–water partition coefficient (Wildman–Crippen LogP) is 0.419. The van der Waals surface area contributed by atoms with E-state index in [9.17, 15) is 12.8 Å². The maximum Gasteiger partial charge on any atom is 0.243 e. The van der Waals surface area contributed by atoms with Crippen LogP contribution >= 0.6 is 0 Å². The number of hydrogen-bond acceptors (Lipinski definition) is 4. The number of benzene rings is 1. The van der Waals surface area contributed by atoms with Gasteiger partial charge < -0.3 is 5.73 Å². The minimum Gasteiger partial charge on any atom is -0.326 e. The minimum absolute atomic E-state index is 0.0745. The highest BCUT2D eigenvalue weighted by atomic mass is 32.2. The number of halogens is 1. The molecule has 1 heterocycles. The van der Waals surface area contributed by atoms with E-state index in [1.807, 2.05) is 0 Å². The van der Waals surface area contributed by atoms with Crippen molar-refractivity contribution in [2.24, 2.45) is 5.73 Å². The van der Waals surface area contributed by atoms with Crippen LogP contribution in [0.1, 0.15) is 12.0 Å². The molecule has 0 spiro atoms. The summed E-state index contributed by atoms with van der Waals surface area (Å²) in [5, 5.41) is 8.70. The quantitative estimate of drug-likeness (QED) is 0.842. The van der Waals surface area contributed by atoms with Gasteiger partial charge in [-0.25, -0.2) is 12.8 Å². The van der Waals surface area contributed by atoms with Crippen molar-refractivity contribution >= 4 is 10.0 Å². The smallest absolute Gasteiger partial charge is 0.243 e. The number of hydrogen-bond donors (Lipinski definition) is 1. The van der Waals surface area contributed by atoms with Crippen molar-refractivity contribution in [2.75, 3.05) is 13.1 Å². The van der Waals surface area contributed by atoms with Gasteiger partial charge in [0.25, 0.3) is 0 Å². The van der Waals surface area contributed by atoms with E-state index in [-0.39, 0.29) is 23.0 Å². The maximum atomic E-state index is 13.1. The Kier molecular flexibility index (Phi) is 3.34. The molecule has 1 fully saturated rings. The first-order valence-electron chi connectivity index (χ1n) is 5.40. The fourth-order valence-electron chi connectivity index (χ4n) is 1.87. The van der Waals surface area contributed by atoms with E-state index >= 15 is 0 Å². The molecule has 18 heavy (non-hydrogen) atoms. The largest absolute Gasteiger partial charge is 0.326 e. The summed E-state index contributed by atoms with van der Waals surface area (Å²) in [6, 6.07) is 4.65. The molecule has 1 aromatic rings. The van der Waals surface area contributed by atoms with E-state index in [2.05, 4.69) is 0 Å². The predicted molar refractivity (Wildman–Crippen MR) is 62.5 cm³/mol.